The Morgan fingerprint density at radius 2 is 1.50 bits per heavy atom. The van der Waals surface area contributed by atoms with Crippen LogP contribution in [0.1, 0.15) is 24.2 Å². The van der Waals surface area contributed by atoms with Crippen LogP contribution in [0, 0.1) is 0 Å². The van der Waals surface area contributed by atoms with Crippen LogP contribution >= 0.6 is 0 Å². The molecule has 0 saturated carbocycles. The average molecular weight is 229 g/mol. The van der Waals surface area contributed by atoms with Crippen LogP contribution in [-0.4, -0.2) is 32.3 Å². The van der Waals surface area contributed by atoms with Crippen molar-refractivity contribution in [3.63, 3.8) is 0 Å². The molecule has 0 fully saturated rings. The van der Waals surface area contributed by atoms with Crippen molar-refractivity contribution in [1.82, 2.24) is 0 Å². The van der Waals surface area contributed by atoms with E-state index in [9.17, 15) is 4.79 Å². The predicted octanol–water partition coefficient (Wildman–Crippen LogP) is 1.68. The molecule has 0 heterocycles. The molecule has 1 aromatic carbocycles. The van der Waals surface area contributed by atoms with Crippen LogP contribution < -0.4 is 5.73 Å². The number of aliphatic hydroxyl groups excluding tert-OH is 1. The molecule has 0 spiro atoms. The van der Waals surface area contributed by atoms with Crippen molar-refractivity contribution in [3.05, 3.63) is 35.9 Å². The summed E-state index contributed by atoms with van der Waals surface area (Å²) in [5.74, 6) is -0.291. The smallest absolute Gasteiger partial charge is 0.337 e. The summed E-state index contributed by atoms with van der Waals surface area (Å²) < 4.78 is 4.50. The zero-order chi connectivity index (χ0) is 13.4. The molecule has 0 bridgehead atoms. The highest BCUT2D eigenvalue weighted by atomic mass is 16.5. The van der Waals surface area contributed by atoms with E-state index >= 15 is 0 Å². The Hall–Kier alpha value is -1.39. The van der Waals surface area contributed by atoms with E-state index in [-0.39, 0.29) is 5.97 Å². The van der Waals surface area contributed by atoms with Crippen molar-refractivity contribution in [1.29, 1.82) is 0 Å². The molecule has 1 aromatic rings. The van der Waals surface area contributed by atoms with E-state index in [0.717, 1.165) is 7.11 Å². The maximum Gasteiger partial charge on any atom is 0.337 e. The van der Waals surface area contributed by atoms with Crippen molar-refractivity contribution in [2.24, 2.45) is 5.73 Å². The Kier molecular flexibility index (Phi) is 24.1. The SMILES string of the molecule is CC.CN.CO.COC(=O)c1ccccc1. The Morgan fingerprint density at radius 1 is 1.12 bits per heavy atom. The molecule has 0 aliphatic heterocycles. The van der Waals surface area contributed by atoms with Gasteiger partial charge < -0.3 is 15.6 Å². The van der Waals surface area contributed by atoms with Gasteiger partial charge in [-0.1, -0.05) is 32.0 Å². The van der Waals surface area contributed by atoms with Crippen LogP contribution in [-0.2, 0) is 4.74 Å². The first-order valence-corrected chi connectivity index (χ1v) is 5.00. The van der Waals surface area contributed by atoms with Crippen LogP contribution in [0.2, 0.25) is 0 Å². The summed E-state index contributed by atoms with van der Waals surface area (Å²) in [6.07, 6.45) is 0. The van der Waals surface area contributed by atoms with E-state index in [1.165, 1.54) is 14.2 Å². The maximum atomic E-state index is 10.8. The van der Waals surface area contributed by atoms with E-state index in [0.29, 0.717) is 5.56 Å². The molecule has 0 saturated heterocycles. The van der Waals surface area contributed by atoms with E-state index in [1.807, 2.05) is 19.9 Å². The lowest BCUT2D eigenvalue weighted by Gasteiger charge is -1.95. The van der Waals surface area contributed by atoms with Gasteiger partial charge in [-0.3, -0.25) is 0 Å². The minimum Gasteiger partial charge on any atom is -0.465 e. The lowest BCUT2D eigenvalue weighted by Crippen LogP contribution is -1.99. The fraction of sp³-hybridized carbons (Fsp3) is 0.417. The Morgan fingerprint density at radius 3 is 1.81 bits per heavy atom. The molecular weight excluding hydrogens is 206 g/mol. The Bertz CT molecular complexity index is 225. The van der Waals surface area contributed by atoms with Crippen molar-refractivity contribution in [3.8, 4) is 0 Å². The summed E-state index contributed by atoms with van der Waals surface area (Å²) in [5.41, 5.74) is 5.09. The zero-order valence-corrected chi connectivity index (χ0v) is 10.7. The molecule has 1 rings (SSSR count). The number of carbonyl (C=O) groups is 1. The molecule has 0 aromatic heterocycles. The van der Waals surface area contributed by atoms with Crippen molar-refractivity contribution < 1.29 is 14.6 Å². The number of ether oxygens (including phenoxy) is 1. The Labute approximate surface area is 98.0 Å². The first-order valence-electron chi connectivity index (χ1n) is 5.00. The third-order valence-electron chi connectivity index (χ3n) is 1.19. The summed E-state index contributed by atoms with van der Waals surface area (Å²) in [5, 5.41) is 7.00. The van der Waals surface area contributed by atoms with Gasteiger partial charge in [-0.15, -0.1) is 0 Å². The van der Waals surface area contributed by atoms with Gasteiger partial charge in [0.25, 0.3) is 0 Å². The van der Waals surface area contributed by atoms with Gasteiger partial charge in [0.1, 0.15) is 0 Å². The summed E-state index contributed by atoms with van der Waals surface area (Å²) >= 11 is 0. The standard InChI is InChI=1S/C8H8O2.C2H6.CH5N.CH4O/c1-10-8(9)7-5-3-2-4-6-7;3*1-2/h2-6H,1H3;1-2H3;2H2,1H3;2H,1H3. The topological polar surface area (TPSA) is 72.6 Å². The van der Waals surface area contributed by atoms with Gasteiger partial charge in [0.2, 0.25) is 0 Å². The molecule has 94 valence electrons. The largest absolute Gasteiger partial charge is 0.465 e. The highest BCUT2D eigenvalue weighted by Gasteiger charge is 2.00. The summed E-state index contributed by atoms with van der Waals surface area (Å²) in [6.45, 7) is 4.00. The second-order valence-electron chi connectivity index (χ2n) is 1.86. The van der Waals surface area contributed by atoms with Crippen LogP contribution in [0.3, 0.4) is 0 Å². The molecule has 0 amide bonds. The number of nitrogens with two attached hydrogens (primary N) is 1. The second-order valence-corrected chi connectivity index (χ2v) is 1.86. The molecule has 0 aliphatic rings. The normalized spacial score (nSPS) is 6.69. The number of aliphatic hydroxyl groups is 1. The number of hydrogen-bond donors (Lipinski definition) is 2. The zero-order valence-electron chi connectivity index (χ0n) is 10.7. The second kappa shape index (κ2) is 19.2. The Balaban J connectivity index is -0.000000245. The van der Waals surface area contributed by atoms with Gasteiger partial charge in [0.15, 0.2) is 0 Å². The summed E-state index contributed by atoms with van der Waals surface area (Å²) in [4.78, 5) is 10.8. The quantitative estimate of drug-likeness (QED) is 0.719. The van der Waals surface area contributed by atoms with E-state index in [1.54, 1.807) is 24.3 Å². The van der Waals surface area contributed by atoms with E-state index in [2.05, 4.69) is 10.5 Å². The van der Waals surface area contributed by atoms with E-state index in [4.69, 9.17) is 5.11 Å². The average Bonchev–Trinajstić information content (AvgIpc) is 2.45. The van der Waals surface area contributed by atoms with Gasteiger partial charge in [0.05, 0.1) is 12.7 Å². The van der Waals surface area contributed by atoms with Gasteiger partial charge in [-0.05, 0) is 19.2 Å². The molecule has 0 unspecified atom stereocenters. The highest BCUT2D eigenvalue weighted by Crippen LogP contribution is 1.98. The molecular formula is C12H23NO3. The minimum atomic E-state index is -0.291. The van der Waals surface area contributed by atoms with Gasteiger partial charge in [-0.25, -0.2) is 4.79 Å². The minimum absolute atomic E-state index is 0.291. The number of carbonyl (C=O) groups excluding carboxylic acids is 1. The monoisotopic (exact) mass is 229 g/mol. The molecule has 0 radical (unpaired) electrons. The number of hydrogen-bond acceptors (Lipinski definition) is 4. The molecule has 4 nitrogen and oxygen atoms in total. The first kappa shape index (κ1) is 20.1. The molecule has 4 heteroatoms. The number of esters is 1. The van der Waals surface area contributed by atoms with Crippen molar-refractivity contribution in [2.75, 3.05) is 21.3 Å². The summed E-state index contributed by atoms with van der Waals surface area (Å²) in [6, 6.07) is 8.88. The van der Waals surface area contributed by atoms with Crippen LogP contribution in [0.5, 0.6) is 0 Å². The van der Waals surface area contributed by atoms with Crippen molar-refractivity contribution >= 4 is 5.97 Å². The number of benzene rings is 1. The molecule has 16 heavy (non-hydrogen) atoms. The first-order chi connectivity index (χ1) is 7.84. The van der Waals surface area contributed by atoms with Crippen LogP contribution in [0.4, 0.5) is 0 Å². The van der Waals surface area contributed by atoms with E-state index < -0.39 is 0 Å². The van der Waals surface area contributed by atoms with Gasteiger partial charge in [0, 0.05) is 7.11 Å². The number of rotatable bonds is 1. The molecule has 0 atom stereocenters. The van der Waals surface area contributed by atoms with Gasteiger partial charge in [-0.2, -0.15) is 0 Å². The summed E-state index contributed by atoms with van der Waals surface area (Å²) in [7, 11) is 3.87. The van der Waals surface area contributed by atoms with Crippen LogP contribution in [0.25, 0.3) is 0 Å². The molecule has 3 N–H and O–H groups in total. The maximum absolute atomic E-state index is 10.8. The molecule has 0 aliphatic carbocycles. The van der Waals surface area contributed by atoms with Gasteiger partial charge >= 0.3 is 5.97 Å². The van der Waals surface area contributed by atoms with Crippen molar-refractivity contribution in [2.45, 2.75) is 13.8 Å². The lowest BCUT2D eigenvalue weighted by molar-refractivity contribution is 0.0600. The van der Waals surface area contributed by atoms with Crippen LogP contribution in [0.15, 0.2) is 30.3 Å². The fourth-order valence-electron chi connectivity index (χ4n) is 0.692. The third kappa shape index (κ3) is 10.7. The lowest BCUT2D eigenvalue weighted by atomic mass is 10.2. The third-order valence-corrected chi connectivity index (χ3v) is 1.19. The fourth-order valence-corrected chi connectivity index (χ4v) is 0.692. The number of methoxy groups -OCH3 is 1. The highest BCUT2D eigenvalue weighted by molar-refractivity contribution is 5.89. The predicted molar refractivity (Wildman–Crippen MR) is 67.4 cm³/mol.